The van der Waals surface area contributed by atoms with Gasteiger partial charge in [0.2, 0.25) is 11.3 Å². The van der Waals surface area contributed by atoms with Gasteiger partial charge in [0.1, 0.15) is 18.4 Å². The number of benzene rings is 2. The van der Waals surface area contributed by atoms with E-state index in [9.17, 15) is 8.76 Å². The fourth-order valence-corrected chi connectivity index (χ4v) is 4.86. The van der Waals surface area contributed by atoms with Gasteiger partial charge in [-0.25, -0.2) is 18.6 Å². The minimum absolute atomic E-state index is 0.190. The van der Waals surface area contributed by atoms with Crippen LogP contribution in [-0.4, -0.2) is 43.2 Å². The van der Waals surface area contributed by atoms with Gasteiger partial charge in [-0.1, -0.05) is 24.3 Å². The Bertz CT molecular complexity index is 1020. The van der Waals surface area contributed by atoms with Crippen molar-refractivity contribution in [2.75, 3.05) is 13.7 Å². The number of nitrogens with one attached hydrogen (secondary N) is 2. The second kappa shape index (κ2) is 10.4. The molecule has 0 radical (unpaired) electrons. The second-order valence-electron chi connectivity index (χ2n) is 8.24. The largest absolute Gasteiger partial charge is 0.497 e. The van der Waals surface area contributed by atoms with Gasteiger partial charge in [-0.15, -0.1) is 0 Å². The van der Waals surface area contributed by atoms with E-state index in [2.05, 4.69) is 38.3 Å². The zero-order valence-corrected chi connectivity index (χ0v) is 18.9. The van der Waals surface area contributed by atoms with Crippen LogP contribution in [0.4, 0.5) is 0 Å². The molecule has 9 heteroatoms. The Morgan fingerprint density at radius 1 is 1.22 bits per heavy atom. The van der Waals surface area contributed by atoms with Crippen molar-refractivity contribution in [3.05, 3.63) is 72.3 Å². The molecule has 1 aliphatic rings. The second-order valence-corrected chi connectivity index (χ2v) is 9.03. The van der Waals surface area contributed by atoms with E-state index in [-0.39, 0.29) is 5.41 Å². The van der Waals surface area contributed by atoms with E-state index >= 15 is 0 Å². The molecule has 8 nitrogen and oxygen atoms in total. The Labute approximate surface area is 190 Å². The highest BCUT2D eigenvalue weighted by molar-refractivity contribution is 7.77. The Morgan fingerprint density at radius 2 is 2.00 bits per heavy atom. The highest BCUT2D eigenvalue weighted by atomic mass is 32.2. The van der Waals surface area contributed by atoms with Crippen molar-refractivity contribution in [2.24, 2.45) is 0 Å². The highest BCUT2D eigenvalue weighted by Crippen LogP contribution is 2.40. The Kier molecular flexibility index (Phi) is 7.31. The molecule has 2 aromatic carbocycles. The molecule has 0 saturated heterocycles. The molecule has 1 unspecified atom stereocenters. The van der Waals surface area contributed by atoms with Crippen LogP contribution in [0.5, 0.6) is 5.75 Å². The van der Waals surface area contributed by atoms with Crippen molar-refractivity contribution in [1.82, 2.24) is 24.8 Å². The molecule has 3 aromatic rings. The molecule has 3 N–H and O–H groups in total. The van der Waals surface area contributed by atoms with Crippen LogP contribution in [0.2, 0.25) is 0 Å². The Balaban J connectivity index is 1.37. The van der Waals surface area contributed by atoms with Crippen LogP contribution >= 0.6 is 0 Å². The molecule has 1 saturated carbocycles. The van der Waals surface area contributed by atoms with E-state index in [1.807, 2.05) is 30.3 Å². The lowest BCUT2D eigenvalue weighted by Crippen LogP contribution is -2.45. The molecule has 0 bridgehead atoms. The molecular weight excluding hydrogens is 426 g/mol. The first-order chi connectivity index (χ1) is 15.6. The van der Waals surface area contributed by atoms with Crippen molar-refractivity contribution >= 4 is 11.3 Å². The van der Waals surface area contributed by atoms with Gasteiger partial charge in [-0.2, -0.15) is 5.10 Å². The lowest BCUT2D eigenvalue weighted by atomic mass is 9.68. The summed E-state index contributed by atoms with van der Waals surface area (Å²) in [5.41, 5.74) is 3.17. The molecule has 4 rings (SSSR count). The molecule has 0 amide bonds. The molecule has 32 heavy (non-hydrogen) atoms. The summed E-state index contributed by atoms with van der Waals surface area (Å²) in [5.74, 6) is 0.807. The molecule has 1 aromatic heterocycles. The minimum Gasteiger partial charge on any atom is -0.497 e. The molecule has 0 spiro atoms. The zero-order valence-electron chi connectivity index (χ0n) is 18.1. The van der Waals surface area contributed by atoms with Gasteiger partial charge in [0.15, 0.2) is 0 Å². The number of rotatable bonds is 9. The molecule has 1 atom stereocenters. The number of aromatic nitrogens is 3. The minimum atomic E-state index is -2.03. The Morgan fingerprint density at radius 3 is 2.66 bits per heavy atom. The summed E-state index contributed by atoms with van der Waals surface area (Å²) in [6, 6.07) is 16.8. The van der Waals surface area contributed by atoms with Crippen LogP contribution in [0.25, 0.3) is 5.69 Å². The molecule has 0 aliphatic heterocycles. The molecule has 1 aliphatic carbocycles. The normalized spacial score (nSPS) is 21.9. The summed E-state index contributed by atoms with van der Waals surface area (Å²) in [5, 5.41) is 7.83. The summed E-state index contributed by atoms with van der Waals surface area (Å²) in [6.07, 6.45) is 7.05. The number of hydrogen-bond donors (Lipinski definition) is 3. The van der Waals surface area contributed by atoms with Crippen LogP contribution in [0.15, 0.2) is 61.2 Å². The van der Waals surface area contributed by atoms with Gasteiger partial charge in [0, 0.05) is 24.5 Å². The van der Waals surface area contributed by atoms with Gasteiger partial charge < -0.3 is 10.1 Å². The van der Waals surface area contributed by atoms with E-state index in [0.717, 1.165) is 49.2 Å². The maximum absolute atomic E-state index is 11.3. The fourth-order valence-electron chi connectivity index (χ4n) is 4.47. The third kappa shape index (κ3) is 5.42. The summed E-state index contributed by atoms with van der Waals surface area (Å²) < 4.78 is 30.5. The SMILES string of the molecule is COc1cccc(C2(CNS(=O)O)CCC(NCc3ccc(-n4cncn4)cc3)CC2)c1. The number of ether oxygens (including phenoxy) is 1. The summed E-state index contributed by atoms with van der Waals surface area (Å²) in [7, 11) is 1.66. The summed E-state index contributed by atoms with van der Waals surface area (Å²) >= 11 is -2.03. The molecule has 1 heterocycles. The number of nitrogens with zero attached hydrogens (tertiary/aromatic N) is 3. The molecule has 170 valence electrons. The Hall–Kier alpha value is -2.59. The highest BCUT2D eigenvalue weighted by Gasteiger charge is 2.37. The first kappa shape index (κ1) is 22.6. The topological polar surface area (TPSA) is 101 Å². The fraction of sp³-hybridized carbons (Fsp3) is 0.391. The first-order valence-electron chi connectivity index (χ1n) is 10.7. The smallest absolute Gasteiger partial charge is 0.231 e. The van der Waals surface area contributed by atoms with E-state index < -0.39 is 11.3 Å². The average molecular weight is 456 g/mol. The third-order valence-corrected chi connectivity index (χ3v) is 6.76. The van der Waals surface area contributed by atoms with Crippen LogP contribution in [0.1, 0.15) is 36.8 Å². The zero-order chi connectivity index (χ0) is 22.4. The van der Waals surface area contributed by atoms with Crippen LogP contribution in [0, 0.1) is 0 Å². The van der Waals surface area contributed by atoms with Crippen molar-refractivity contribution in [3.63, 3.8) is 0 Å². The molecule has 1 fully saturated rings. The third-order valence-electron chi connectivity index (χ3n) is 6.37. The van der Waals surface area contributed by atoms with E-state index in [1.54, 1.807) is 18.1 Å². The van der Waals surface area contributed by atoms with E-state index in [1.165, 1.54) is 11.9 Å². The molecular formula is C23H29N5O3S. The first-order valence-corrected chi connectivity index (χ1v) is 11.8. The lowest BCUT2D eigenvalue weighted by molar-refractivity contribution is 0.245. The monoisotopic (exact) mass is 455 g/mol. The summed E-state index contributed by atoms with van der Waals surface area (Å²) in [4.78, 5) is 3.98. The van der Waals surface area contributed by atoms with Gasteiger partial charge in [0.05, 0.1) is 12.8 Å². The standard InChI is InChI=1S/C23H29N5O3S/c1-31-22-4-2-3-19(13-22)23(15-27-32(29)30)11-9-20(10-12-23)25-14-18-5-7-21(8-6-18)28-17-24-16-26-28/h2-8,13,16-17,20,25,27H,9-12,14-15H2,1H3,(H,29,30). The lowest BCUT2D eigenvalue weighted by Gasteiger charge is -2.41. The van der Waals surface area contributed by atoms with Gasteiger partial charge in [-0.3, -0.25) is 4.55 Å². The van der Waals surface area contributed by atoms with Gasteiger partial charge in [0.25, 0.3) is 0 Å². The van der Waals surface area contributed by atoms with Crippen molar-refractivity contribution < 1.29 is 13.5 Å². The van der Waals surface area contributed by atoms with Crippen molar-refractivity contribution in [1.29, 1.82) is 0 Å². The van der Waals surface area contributed by atoms with Crippen molar-refractivity contribution in [3.8, 4) is 11.4 Å². The van der Waals surface area contributed by atoms with Crippen molar-refractivity contribution in [2.45, 2.75) is 43.7 Å². The number of methoxy groups -OCH3 is 1. The maximum atomic E-state index is 11.3. The average Bonchev–Trinajstić information content (AvgIpc) is 3.37. The van der Waals surface area contributed by atoms with Crippen LogP contribution < -0.4 is 14.8 Å². The van der Waals surface area contributed by atoms with Crippen LogP contribution in [0.3, 0.4) is 0 Å². The van der Waals surface area contributed by atoms with E-state index in [0.29, 0.717) is 12.6 Å². The quantitative estimate of drug-likeness (QED) is 0.429. The number of hydrogen-bond acceptors (Lipinski definition) is 5. The van der Waals surface area contributed by atoms with Gasteiger partial charge in [-0.05, 0) is 61.1 Å². The maximum Gasteiger partial charge on any atom is 0.231 e. The van der Waals surface area contributed by atoms with Gasteiger partial charge >= 0.3 is 0 Å². The predicted octanol–water partition coefficient (Wildman–Crippen LogP) is 2.97. The van der Waals surface area contributed by atoms with E-state index in [4.69, 9.17) is 4.74 Å². The predicted molar refractivity (Wildman–Crippen MR) is 124 cm³/mol. The summed E-state index contributed by atoms with van der Waals surface area (Å²) in [6.45, 7) is 1.26. The van der Waals surface area contributed by atoms with Crippen LogP contribution in [-0.2, 0) is 23.2 Å².